The van der Waals surface area contributed by atoms with Crippen molar-refractivity contribution >= 4 is 40.5 Å². The molecule has 254 valence electrons. The van der Waals surface area contributed by atoms with E-state index in [2.05, 4.69) is 20.9 Å². The molecule has 0 unspecified atom stereocenters. The third-order valence-corrected chi connectivity index (χ3v) is 9.57. The fraction of sp³-hybridized carbons (Fsp3) is 0.588. The molecular formula is C34H45N5O8. The number of amides is 4. The molecule has 2 saturated carbocycles. The number of carboxylic acid groups (broad SMARTS) is 1. The first-order valence-electron chi connectivity index (χ1n) is 16.4. The van der Waals surface area contributed by atoms with Crippen molar-refractivity contribution in [3.05, 3.63) is 30.5 Å². The van der Waals surface area contributed by atoms with Crippen LogP contribution in [0.2, 0.25) is 0 Å². The van der Waals surface area contributed by atoms with Gasteiger partial charge in [-0.1, -0.05) is 33.1 Å². The number of aliphatic carboxylic acids is 1. The molecule has 4 amide bonds. The Labute approximate surface area is 274 Å². The SMILES string of the molecule is COc1ccc2nccc(O[C@@H]3C[C@@H](C(=O)NC4(C(=O)O)CC4)N(C(=O)[C@@H](NC(=O)[C@@H](NC(C)=O)C4CCCCC4)C(C)C)C3)c2c1. The maximum atomic E-state index is 14.3. The summed E-state index contributed by atoms with van der Waals surface area (Å²) in [4.78, 5) is 71.5. The zero-order valence-electron chi connectivity index (χ0n) is 27.4. The van der Waals surface area contributed by atoms with Gasteiger partial charge in [-0.2, -0.15) is 0 Å². The van der Waals surface area contributed by atoms with Gasteiger partial charge in [0.15, 0.2) is 0 Å². The summed E-state index contributed by atoms with van der Waals surface area (Å²) in [5.74, 6) is -2.24. The fourth-order valence-electron chi connectivity index (χ4n) is 6.74. The van der Waals surface area contributed by atoms with E-state index in [1.807, 2.05) is 0 Å². The number of hydrogen-bond acceptors (Lipinski definition) is 8. The van der Waals surface area contributed by atoms with Crippen molar-refractivity contribution in [1.82, 2.24) is 25.8 Å². The molecule has 4 atom stereocenters. The minimum absolute atomic E-state index is 0.0294. The Morgan fingerprint density at radius 1 is 1.04 bits per heavy atom. The first kappa shape index (κ1) is 33.9. The molecule has 0 spiro atoms. The van der Waals surface area contributed by atoms with Gasteiger partial charge in [0, 0.05) is 24.9 Å². The largest absolute Gasteiger partial charge is 0.497 e. The summed E-state index contributed by atoms with van der Waals surface area (Å²) in [6.45, 7) is 5.00. The van der Waals surface area contributed by atoms with Crippen LogP contribution < -0.4 is 25.4 Å². The summed E-state index contributed by atoms with van der Waals surface area (Å²) in [7, 11) is 1.56. The molecule has 0 bridgehead atoms. The minimum Gasteiger partial charge on any atom is -0.497 e. The zero-order valence-corrected chi connectivity index (χ0v) is 27.4. The molecule has 47 heavy (non-hydrogen) atoms. The second-order valence-corrected chi connectivity index (χ2v) is 13.4. The van der Waals surface area contributed by atoms with Crippen molar-refractivity contribution in [2.45, 2.75) is 102 Å². The predicted octanol–water partition coefficient (Wildman–Crippen LogP) is 2.55. The van der Waals surface area contributed by atoms with Crippen LogP contribution in [0.25, 0.3) is 10.9 Å². The van der Waals surface area contributed by atoms with Crippen LogP contribution in [-0.4, -0.2) is 88.0 Å². The lowest BCUT2D eigenvalue weighted by atomic mass is 9.83. The van der Waals surface area contributed by atoms with E-state index in [4.69, 9.17) is 9.47 Å². The summed E-state index contributed by atoms with van der Waals surface area (Å²) in [5, 5.41) is 18.8. The average Bonchev–Trinajstić information content (AvgIpc) is 3.72. The lowest BCUT2D eigenvalue weighted by Crippen LogP contribution is -2.60. The number of ether oxygens (including phenoxy) is 2. The van der Waals surface area contributed by atoms with Crippen LogP contribution in [0.3, 0.4) is 0 Å². The number of hydrogen-bond donors (Lipinski definition) is 4. The van der Waals surface area contributed by atoms with Gasteiger partial charge in [0.2, 0.25) is 23.6 Å². The van der Waals surface area contributed by atoms with Crippen LogP contribution >= 0.6 is 0 Å². The molecule has 4 N–H and O–H groups in total. The van der Waals surface area contributed by atoms with Crippen molar-refractivity contribution in [2.75, 3.05) is 13.7 Å². The summed E-state index contributed by atoms with van der Waals surface area (Å²) in [5.41, 5.74) is -0.672. The minimum atomic E-state index is -1.35. The van der Waals surface area contributed by atoms with E-state index in [1.165, 1.54) is 11.8 Å². The lowest BCUT2D eigenvalue weighted by Gasteiger charge is -2.34. The van der Waals surface area contributed by atoms with Crippen LogP contribution in [0.15, 0.2) is 30.5 Å². The normalized spacial score (nSPS) is 21.9. The standard InChI is InChI=1S/C34H45N5O8/c1-19(2)28(37-31(42)29(36-20(3)40)21-8-6-5-7-9-21)32(43)39-18-23(17-26(39)30(41)38-34(13-14-34)33(44)45)47-27-12-15-35-25-11-10-22(46-4)16-24(25)27/h10-12,15-16,19,21,23,26,28-29H,5-9,13-14,17-18H2,1-4H3,(H,36,40)(H,37,42)(H,38,41)(H,44,45)/t23-,26+,28+,29+/m1/s1. The first-order chi connectivity index (χ1) is 22.4. The van der Waals surface area contributed by atoms with Crippen LogP contribution in [0.1, 0.15) is 72.1 Å². The van der Waals surface area contributed by atoms with Crippen LogP contribution in [0.5, 0.6) is 11.5 Å². The molecule has 1 aromatic heterocycles. The number of aromatic nitrogens is 1. The van der Waals surface area contributed by atoms with Crippen molar-refractivity contribution in [2.24, 2.45) is 11.8 Å². The summed E-state index contributed by atoms with van der Waals surface area (Å²) < 4.78 is 11.8. The molecular weight excluding hydrogens is 606 g/mol. The Morgan fingerprint density at radius 3 is 2.38 bits per heavy atom. The van der Waals surface area contributed by atoms with E-state index in [-0.39, 0.29) is 30.7 Å². The monoisotopic (exact) mass is 651 g/mol. The Morgan fingerprint density at radius 2 is 1.77 bits per heavy atom. The highest BCUT2D eigenvalue weighted by Crippen LogP contribution is 2.37. The Hall–Kier alpha value is -4.42. The molecule has 1 saturated heterocycles. The molecule has 1 aromatic carbocycles. The Kier molecular flexibility index (Phi) is 10.2. The van der Waals surface area contributed by atoms with Gasteiger partial charge in [0.05, 0.1) is 19.2 Å². The van der Waals surface area contributed by atoms with E-state index in [0.29, 0.717) is 35.2 Å². The molecule has 5 rings (SSSR count). The number of nitrogens with one attached hydrogen (secondary N) is 3. The number of carbonyl (C=O) groups excluding carboxylic acids is 4. The number of likely N-dealkylation sites (tertiary alicyclic amines) is 1. The molecule has 1 aliphatic heterocycles. The molecule has 2 aliphatic carbocycles. The maximum Gasteiger partial charge on any atom is 0.329 e. The highest BCUT2D eigenvalue weighted by Gasteiger charge is 2.54. The number of nitrogens with zero attached hydrogens (tertiary/aromatic N) is 2. The average molecular weight is 652 g/mol. The number of carbonyl (C=O) groups is 5. The smallest absolute Gasteiger partial charge is 0.329 e. The predicted molar refractivity (Wildman–Crippen MR) is 172 cm³/mol. The first-order valence-corrected chi connectivity index (χ1v) is 16.4. The second kappa shape index (κ2) is 14.1. The van der Waals surface area contributed by atoms with Gasteiger partial charge >= 0.3 is 5.97 Å². The molecule has 2 aromatic rings. The van der Waals surface area contributed by atoms with Crippen LogP contribution in [0.4, 0.5) is 0 Å². The van der Waals surface area contributed by atoms with E-state index in [0.717, 1.165) is 32.1 Å². The van der Waals surface area contributed by atoms with Gasteiger partial charge in [0.25, 0.3) is 0 Å². The number of fused-ring (bicyclic) bond motifs is 1. The fourth-order valence-corrected chi connectivity index (χ4v) is 6.74. The highest BCUT2D eigenvalue weighted by atomic mass is 16.5. The lowest BCUT2D eigenvalue weighted by molar-refractivity contribution is -0.146. The molecule has 0 radical (unpaired) electrons. The van der Waals surface area contributed by atoms with Crippen molar-refractivity contribution in [3.8, 4) is 11.5 Å². The quantitative estimate of drug-likeness (QED) is 0.269. The molecule has 3 fully saturated rings. The van der Waals surface area contributed by atoms with Crippen LogP contribution in [0, 0.1) is 11.8 Å². The highest BCUT2D eigenvalue weighted by molar-refractivity contribution is 5.97. The topological polar surface area (TPSA) is 176 Å². The van der Waals surface area contributed by atoms with Gasteiger partial charge in [0.1, 0.15) is 41.3 Å². The number of rotatable bonds is 12. The molecule has 13 heteroatoms. The number of pyridine rings is 1. The Balaban J connectivity index is 1.40. The number of benzene rings is 1. The van der Waals surface area contributed by atoms with E-state index >= 15 is 0 Å². The summed E-state index contributed by atoms with van der Waals surface area (Å²) in [6.07, 6.45) is 6.30. The molecule has 13 nitrogen and oxygen atoms in total. The maximum absolute atomic E-state index is 14.3. The molecule has 2 heterocycles. The van der Waals surface area contributed by atoms with Crippen LogP contribution in [-0.2, 0) is 24.0 Å². The van der Waals surface area contributed by atoms with Gasteiger partial charge in [-0.25, -0.2) is 4.79 Å². The van der Waals surface area contributed by atoms with E-state index in [1.54, 1.807) is 51.4 Å². The van der Waals surface area contributed by atoms with E-state index in [9.17, 15) is 29.1 Å². The van der Waals surface area contributed by atoms with E-state index < -0.39 is 53.5 Å². The van der Waals surface area contributed by atoms with Gasteiger partial charge in [-0.15, -0.1) is 0 Å². The third kappa shape index (κ3) is 7.60. The van der Waals surface area contributed by atoms with Gasteiger partial charge < -0.3 is 35.4 Å². The summed E-state index contributed by atoms with van der Waals surface area (Å²) in [6, 6.07) is 4.28. The van der Waals surface area contributed by atoms with Crippen molar-refractivity contribution in [3.63, 3.8) is 0 Å². The molecule has 3 aliphatic rings. The van der Waals surface area contributed by atoms with Crippen molar-refractivity contribution in [1.29, 1.82) is 0 Å². The Bertz CT molecular complexity index is 1520. The number of carboxylic acids is 1. The zero-order chi connectivity index (χ0) is 33.9. The van der Waals surface area contributed by atoms with Crippen molar-refractivity contribution < 1.29 is 38.6 Å². The van der Waals surface area contributed by atoms with Gasteiger partial charge in [-0.3, -0.25) is 24.2 Å². The summed E-state index contributed by atoms with van der Waals surface area (Å²) >= 11 is 0. The van der Waals surface area contributed by atoms with Gasteiger partial charge in [-0.05, 0) is 61.8 Å². The third-order valence-electron chi connectivity index (χ3n) is 9.57. The number of methoxy groups -OCH3 is 1. The second-order valence-electron chi connectivity index (χ2n) is 13.4.